The Kier molecular flexibility index (Phi) is 7.22. The van der Waals surface area contributed by atoms with Crippen LogP contribution in [0.15, 0.2) is 36.7 Å². The first kappa shape index (κ1) is 24.2. The quantitative estimate of drug-likeness (QED) is 0.574. The number of hydrogen-bond acceptors (Lipinski definition) is 5. The molecule has 2 aromatic heterocycles. The number of hydrogen-bond donors (Lipinski definition) is 0. The molecule has 0 N–H and O–H groups in total. The molecule has 0 aromatic carbocycles. The number of likely N-dealkylation sites (tertiary alicyclic amines) is 1. The van der Waals surface area contributed by atoms with E-state index < -0.39 is 23.0 Å². The first-order valence-electron chi connectivity index (χ1n) is 10.8. The number of halogens is 3. The molecule has 32 heavy (non-hydrogen) atoms. The molecule has 3 heterocycles. The number of aromatic nitrogens is 2. The van der Waals surface area contributed by atoms with E-state index in [9.17, 15) is 18.0 Å². The molecule has 1 aliphatic heterocycles. The smallest absolute Gasteiger partial charge is 0.421 e. The zero-order chi connectivity index (χ0) is 23.5. The molecule has 0 spiro atoms. The molecule has 0 amide bonds. The highest BCUT2D eigenvalue weighted by Gasteiger charge is 2.37. The van der Waals surface area contributed by atoms with Crippen molar-refractivity contribution in [3.63, 3.8) is 0 Å². The molecule has 0 saturated carbocycles. The van der Waals surface area contributed by atoms with Crippen LogP contribution in [0, 0.1) is 18.3 Å². The number of nitrogens with zero attached hydrogens (tertiary/aromatic N) is 3. The molecule has 0 unspecified atom stereocenters. The minimum atomic E-state index is -4.56. The van der Waals surface area contributed by atoms with E-state index in [4.69, 9.17) is 4.74 Å². The number of ketones is 1. The van der Waals surface area contributed by atoms with E-state index >= 15 is 0 Å². The fraction of sp³-hybridized carbons (Fsp3) is 0.542. The van der Waals surface area contributed by atoms with Gasteiger partial charge >= 0.3 is 6.18 Å². The van der Waals surface area contributed by atoms with Gasteiger partial charge in [0.1, 0.15) is 18.0 Å². The summed E-state index contributed by atoms with van der Waals surface area (Å²) >= 11 is 0. The van der Waals surface area contributed by atoms with Crippen molar-refractivity contribution in [3.8, 4) is 5.88 Å². The number of aryl methyl sites for hydroxylation is 1. The van der Waals surface area contributed by atoms with Gasteiger partial charge in [-0.3, -0.25) is 9.78 Å². The van der Waals surface area contributed by atoms with Crippen LogP contribution in [-0.4, -0.2) is 47.4 Å². The molecule has 3 rings (SSSR count). The molecule has 1 saturated heterocycles. The highest BCUT2D eigenvalue weighted by molar-refractivity contribution is 5.84. The van der Waals surface area contributed by atoms with E-state index in [1.807, 2.05) is 19.2 Å². The van der Waals surface area contributed by atoms with Crippen LogP contribution in [0.1, 0.15) is 49.4 Å². The molecule has 5 nitrogen and oxygen atoms in total. The predicted octanol–water partition coefficient (Wildman–Crippen LogP) is 4.90. The molecule has 2 aromatic rings. The van der Waals surface area contributed by atoms with Gasteiger partial charge in [-0.25, -0.2) is 4.98 Å². The molecule has 1 aliphatic rings. The molecule has 0 bridgehead atoms. The Morgan fingerprint density at radius 1 is 1.19 bits per heavy atom. The van der Waals surface area contributed by atoms with Gasteiger partial charge in [-0.1, -0.05) is 6.07 Å². The van der Waals surface area contributed by atoms with Crippen LogP contribution in [0.3, 0.4) is 0 Å². The van der Waals surface area contributed by atoms with Crippen LogP contribution in [0.2, 0.25) is 0 Å². The van der Waals surface area contributed by atoms with Crippen molar-refractivity contribution < 1.29 is 22.7 Å². The third-order valence-electron chi connectivity index (χ3n) is 6.13. The Hall–Kier alpha value is -2.48. The second-order valence-corrected chi connectivity index (χ2v) is 9.31. The average Bonchev–Trinajstić information content (AvgIpc) is 3.11. The lowest BCUT2D eigenvalue weighted by Gasteiger charge is -2.25. The maximum atomic E-state index is 13.2. The molecule has 0 aliphatic carbocycles. The first-order chi connectivity index (χ1) is 15.0. The molecular weight excluding hydrogens is 419 g/mol. The van der Waals surface area contributed by atoms with Crippen molar-refractivity contribution in [2.45, 2.75) is 45.7 Å². The largest absolute Gasteiger partial charge is 0.476 e. The third-order valence-corrected chi connectivity index (χ3v) is 6.13. The van der Waals surface area contributed by atoms with E-state index in [1.165, 1.54) is 17.8 Å². The Morgan fingerprint density at radius 3 is 2.59 bits per heavy atom. The van der Waals surface area contributed by atoms with E-state index in [0.29, 0.717) is 24.7 Å². The molecule has 0 radical (unpaired) electrons. The van der Waals surface area contributed by atoms with Crippen molar-refractivity contribution in [1.29, 1.82) is 0 Å². The summed E-state index contributed by atoms with van der Waals surface area (Å²) in [7, 11) is 2.07. The molecule has 1 fully saturated rings. The number of alkyl halides is 3. The zero-order valence-electron chi connectivity index (χ0n) is 18.9. The van der Waals surface area contributed by atoms with Crippen LogP contribution in [0.25, 0.3) is 0 Å². The second-order valence-electron chi connectivity index (χ2n) is 9.31. The van der Waals surface area contributed by atoms with Crippen LogP contribution >= 0.6 is 0 Å². The van der Waals surface area contributed by atoms with Crippen molar-refractivity contribution in [2.24, 2.45) is 11.3 Å². The monoisotopic (exact) mass is 449 g/mol. The Morgan fingerprint density at radius 2 is 1.94 bits per heavy atom. The average molecular weight is 450 g/mol. The Bertz CT molecular complexity index is 929. The number of pyridine rings is 2. The number of rotatable bonds is 8. The Balaban J connectivity index is 1.60. The number of carbonyl (C=O) groups is 1. The molecule has 8 heteroatoms. The molecule has 2 atom stereocenters. The SMILES string of the molecule is Cc1ccc([C@H]2CN(C)C[C@@H]2CCC(=O)C(C)(C)COc2ncccc2C(F)(F)F)cn1. The van der Waals surface area contributed by atoms with Gasteiger partial charge < -0.3 is 9.64 Å². The van der Waals surface area contributed by atoms with Crippen LogP contribution in [0.4, 0.5) is 13.2 Å². The maximum absolute atomic E-state index is 13.2. The summed E-state index contributed by atoms with van der Waals surface area (Å²) in [4.78, 5) is 23.3. The summed E-state index contributed by atoms with van der Waals surface area (Å²) in [6, 6.07) is 6.24. The first-order valence-corrected chi connectivity index (χ1v) is 10.8. The van der Waals surface area contributed by atoms with Gasteiger partial charge in [-0.05, 0) is 63.9 Å². The number of carbonyl (C=O) groups excluding carboxylic acids is 1. The maximum Gasteiger partial charge on any atom is 0.421 e. The van der Waals surface area contributed by atoms with Crippen molar-refractivity contribution in [3.05, 3.63) is 53.5 Å². The van der Waals surface area contributed by atoms with Gasteiger partial charge in [0.15, 0.2) is 0 Å². The second kappa shape index (κ2) is 9.57. The third kappa shape index (κ3) is 5.85. The summed E-state index contributed by atoms with van der Waals surface area (Å²) in [5.74, 6) is 0.100. The van der Waals surface area contributed by atoms with E-state index in [1.54, 1.807) is 13.8 Å². The standard InChI is InChI=1S/C24H30F3N3O2/c1-16-7-8-17(12-29-16)19-14-30(4)13-18(19)9-10-21(31)23(2,3)15-32-22-20(24(25,26)27)6-5-11-28-22/h5-8,11-12,18-19H,9-10,13-15H2,1-4H3/t18-,19+/m0/s1. The lowest BCUT2D eigenvalue weighted by Crippen LogP contribution is -2.32. The predicted molar refractivity (Wildman–Crippen MR) is 115 cm³/mol. The minimum absolute atomic E-state index is 0.0303. The highest BCUT2D eigenvalue weighted by atomic mass is 19.4. The van der Waals surface area contributed by atoms with E-state index in [0.717, 1.165) is 24.8 Å². The van der Waals surface area contributed by atoms with Crippen LogP contribution in [-0.2, 0) is 11.0 Å². The van der Waals surface area contributed by atoms with Gasteiger partial charge in [0.05, 0.1) is 5.41 Å². The topological polar surface area (TPSA) is 55.3 Å². The lowest BCUT2D eigenvalue weighted by molar-refractivity contribution is -0.139. The lowest BCUT2D eigenvalue weighted by atomic mass is 9.81. The van der Waals surface area contributed by atoms with Crippen LogP contribution in [0.5, 0.6) is 5.88 Å². The normalized spacial score (nSPS) is 19.8. The summed E-state index contributed by atoms with van der Waals surface area (Å²) in [6.45, 7) is 7.00. The summed E-state index contributed by atoms with van der Waals surface area (Å²) < 4.78 is 44.8. The molecule has 174 valence electrons. The zero-order valence-corrected chi connectivity index (χ0v) is 18.9. The fourth-order valence-electron chi connectivity index (χ4n) is 4.16. The number of ether oxygens (including phenoxy) is 1. The van der Waals surface area contributed by atoms with Gasteiger partial charge in [0, 0.05) is 43.5 Å². The number of Topliss-reactive ketones (excluding diaryl/α,β-unsaturated/α-hetero) is 1. The van der Waals surface area contributed by atoms with Gasteiger partial charge in [-0.15, -0.1) is 0 Å². The summed E-state index contributed by atoms with van der Waals surface area (Å²) in [6.07, 6.45) is -0.347. The van der Waals surface area contributed by atoms with E-state index in [-0.39, 0.29) is 12.4 Å². The fourth-order valence-corrected chi connectivity index (χ4v) is 4.16. The van der Waals surface area contributed by atoms with Gasteiger partial charge in [0.25, 0.3) is 0 Å². The van der Waals surface area contributed by atoms with Crippen LogP contribution < -0.4 is 4.74 Å². The van der Waals surface area contributed by atoms with E-state index in [2.05, 4.69) is 28.0 Å². The van der Waals surface area contributed by atoms with Gasteiger partial charge in [0.2, 0.25) is 5.88 Å². The molecular formula is C24H30F3N3O2. The van der Waals surface area contributed by atoms with Gasteiger partial charge in [-0.2, -0.15) is 13.2 Å². The van der Waals surface area contributed by atoms with Crippen molar-refractivity contribution in [1.82, 2.24) is 14.9 Å². The summed E-state index contributed by atoms with van der Waals surface area (Å²) in [5, 5.41) is 0. The summed E-state index contributed by atoms with van der Waals surface area (Å²) in [5.41, 5.74) is 0.281. The Labute approximate surface area is 187 Å². The van der Waals surface area contributed by atoms with Crippen molar-refractivity contribution in [2.75, 3.05) is 26.7 Å². The highest BCUT2D eigenvalue weighted by Crippen LogP contribution is 2.37. The minimum Gasteiger partial charge on any atom is -0.476 e. The van der Waals surface area contributed by atoms with Crippen molar-refractivity contribution >= 4 is 5.78 Å². The number of likely N-dealkylation sites (N-methyl/N-ethyl adjacent to an activating group) is 1.